The zero-order chi connectivity index (χ0) is 19.8. The smallest absolute Gasteiger partial charge is 0.244 e. The van der Waals surface area contributed by atoms with Gasteiger partial charge in [0.25, 0.3) is 0 Å². The van der Waals surface area contributed by atoms with Crippen molar-refractivity contribution in [3.63, 3.8) is 0 Å². The highest BCUT2D eigenvalue weighted by Gasteiger charge is 2.47. The molecule has 1 aromatic heterocycles. The fraction of sp³-hybridized carbons (Fsp3) is 0.750. The summed E-state index contributed by atoms with van der Waals surface area (Å²) in [6.45, 7) is 7.02. The van der Waals surface area contributed by atoms with Crippen molar-refractivity contribution in [2.75, 3.05) is 31.9 Å². The lowest BCUT2D eigenvalue weighted by Crippen LogP contribution is -2.66. The number of aromatic nitrogens is 2. The van der Waals surface area contributed by atoms with Gasteiger partial charge >= 0.3 is 0 Å². The number of hydrogen-bond acceptors (Lipinski definition) is 5. The standard InChI is InChI=1S/C20H32N6O2/c1-13-7-19(21)26(23-13)12-20(28)24-10-15-8-16(11-24)18(9-22-14(2)27)25-6-4-3-5-17(15)25/h7,15-18H,3-6,8-12,21H2,1-2H3,(H,22,27)/t15-,16+,17+,18+/m1/s1. The molecule has 3 N–H and O–H groups in total. The first kappa shape index (κ1) is 19.2. The Morgan fingerprint density at radius 3 is 2.79 bits per heavy atom. The van der Waals surface area contributed by atoms with Crippen LogP contribution in [-0.4, -0.2) is 69.7 Å². The molecule has 0 aromatic carbocycles. The van der Waals surface area contributed by atoms with E-state index >= 15 is 0 Å². The predicted molar refractivity (Wildman–Crippen MR) is 106 cm³/mol. The van der Waals surface area contributed by atoms with Gasteiger partial charge in [-0.05, 0) is 44.6 Å². The maximum absolute atomic E-state index is 13.0. The van der Waals surface area contributed by atoms with Crippen LogP contribution >= 0.6 is 0 Å². The van der Waals surface area contributed by atoms with Crippen molar-refractivity contribution < 1.29 is 9.59 Å². The lowest BCUT2D eigenvalue weighted by molar-refractivity contribution is -0.142. The first-order valence-corrected chi connectivity index (χ1v) is 10.5. The molecule has 3 saturated heterocycles. The Balaban J connectivity index is 1.49. The summed E-state index contributed by atoms with van der Waals surface area (Å²) in [6, 6.07) is 2.64. The van der Waals surface area contributed by atoms with Gasteiger partial charge in [-0.25, -0.2) is 4.68 Å². The number of anilines is 1. The van der Waals surface area contributed by atoms with Crippen molar-refractivity contribution in [1.29, 1.82) is 0 Å². The summed E-state index contributed by atoms with van der Waals surface area (Å²) < 4.78 is 1.60. The molecule has 8 nitrogen and oxygen atoms in total. The molecular weight excluding hydrogens is 356 g/mol. The van der Waals surface area contributed by atoms with Crippen molar-refractivity contribution in [3.8, 4) is 0 Å². The summed E-state index contributed by atoms with van der Waals surface area (Å²) in [5, 5.41) is 7.37. The summed E-state index contributed by atoms with van der Waals surface area (Å²) in [6.07, 6.45) is 4.83. The van der Waals surface area contributed by atoms with Crippen LogP contribution in [0.2, 0.25) is 0 Å². The Bertz CT molecular complexity index is 747. The Morgan fingerprint density at radius 1 is 1.29 bits per heavy atom. The van der Waals surface area contributed by atoms with Gasteiger partial charge in [-0.3, -0.25) is 14.5 Å². The average Bonchev–Trinajstić information content (AvgIpc) is 2.98. The molecule has 2 amide bonds. The highest BCUT2D eigenvalue weighted by molar-refractivity contribution is 5.76. The van der Waals surface area contributed by atoms with E-state index < -0.39 is 0 Å². The minimum Gasteiger partial charge on any atom is -0.384 e. The van der Waals surface area contributed by atoms with E-state index in [-0.39, 0.29) is 18.4 Å². The van der Waals surface area contributed by atoms with Crippen LogP contribution in [0.4, 0.5) is 5.82 Å². The van der Waals surface area contributed by atoms with Crippen molar-refractivity contribution in [2.24, 2.45) is 11.8 Å². The van der Waals surface area contributed by atoms with Gasteiger partial charge in [0.15, 0.2) is 0 Å². The van der Waals surface area contributed by atoms with Gasteiger partial charge in [0.05, 0.1) is 5.69 Å². The van der Waals surface area contributed by atoms with Gasteiger partial charge in [-0.1, -0.05) is 6.42 Å². The number of nitrogens with two attached hydrogens (primary N) is 1. The minimum absolute atomic E-state index is 0.0175. The van der Waals surface area contributed by atoms with E-state index in [9.17, 15) is 9.59 Å². The van der Waals surface area contributed by atoms with E-state index in [1.54, 1.807) is 17.7 Å². The molecular formula is C20H32N6O2. The van der Waals surface area contributed by atoms with Gasteiger partial charge < -0.3 is 16.0 Å². The number of carbonyl (C=O) groups is 2. The number of amides is 2. The topological polar surface area (TPSA) is 96.5 Å². The second-order valence-corrected chi connectivity index (χ2v) is 8.73. The van der Waals surface area contributed by atoms with E-state index in [2.05, 4.69) is 15.3 Å². The molecule has 4 rings (SSSR count). The van der Waals surface area contributed by atoms with Crippen LogP contribution < -0.4 is 11.1 Å². The summed E-state index contributed by atoms with van der Waals surface area (Å²) in [7, 11) is 0. The number of fused-ring (bicyclic) bond motifs is 4. The van der Waals surface area contributed by atoms with Crippen molar-refractivity contribution in [3.05, 3.63) is 11.8 Å². The molecule has 2 bridgehead atoms. The predicted octanol–water partition coefficient (Wildman–Crippen LogP) is 0.611. The molecule has 0 aliphatic carbocycles. The fourth-order valence-corrected chi connectivity index (χ4v) is 5.56. The van der Waals surface area contributed by atoms with Gasteiger partial charge in [0, 0.05) is 44.7 Å². The number of piperidine rings is 3. The maximum atomic E-state index is 13.0. The molecule has 28 heavy (non-hydrogen) atoms. The molecule has 3 fully saturated rings. The molecule has 0 radical (unpaired) electrons. The number of rotatable bonds is 4. The SMILES string of the molecule is CC(=O)NC[C@H]1[C@H]2C[C@H](CN(C(=O)Cn3nc(C)cc3N)C2)[C@@H]2CCCCN21. The highest BCUT2D eigenvalue weighted by Crippen LogP contribution is 2.41. The van der Waals surface area contributed by atoms with Crippen LogP contribution in [0.15, 0.2) is 6.07 Å². The first-order valence-electron chi connectivity index (χ1n) is 10.5. The monoisotopic (exact) mass is 388 g/mol. The van der Waals surface area contributed by atoms with Crippen molar-refractivity contribution >= 4 is 17.6 Å². The Morgan fingerprint density at radius 2 is 2.07 bits per heavy atom. The van der Waals surface area contributed by atoms with Crippen LogP contribution in [0.3, 0.4) is 0 Å². The van der Waals surface area contributed by atoms with E-state index in [0.717, 1.165) is 31.7 Å². The lowest BCUT2D eigenvalue weighted by atomic mass is 9.72. The largest absolute Gasteiger partial charge is 0.384 e. The van der Waals surface area contributed by atoms with Gasteiger partial charge in [-0.15, -0.1) is 0 Å². The third kappa shape index (κ3) is 3.74. The van der Waals surface area contributed by atoms with Crippen LogP contribution in [0, 0.1) is 18.8 Å². The van der Waals surface area contributed by atoms with Crippen molar-refractivity contribution in [1.82, 2.24) is 24.9 Å². The van der Waals surface area contributed by atoms with E-state index in [1.165, 1.54) is 19.3 Å². The number of likely N-dealkylation sites (tertiary alicyclic amines) is 1. The molecule has 154 valence electrons. The zero-order valence-corrected chi connectivity index (χ0v) is 16.9. The Hall–Kier alpha value is -2.09. The number of aryl methyl sites for hydroxylation is 1. The zero-order valence-electron chi connectivity index (χ0n) is 16.9. The summed E-state index contributed by atoms with van der Waals surface area (Å²) in [5.74, 6) is 1.56. The molecule has 0 spiro atoms. The molecule has 4 atom stereocenters. The Kier molecular flexibility index (Phi) is 5.31. The molecule has 3 aliphatic heterocycles. The highest BCUT2D eigenvalue weighted by atomic mass is 16.2. The third-order valence-corrected chi connectivity index (χ3v) is 6.75. The van der Waals surface area contributed by atoms with Crippen LogP contribution in [0.25, 0.3) is 0 Å². The third-order valence-electron chi connectivity index (χ3n) is 6.75. The summed E-state index contributed by atoms with van der Waals surface area (Å²) in [4.78, 5) is 29.2. The van der Waals surface area contributed by atoms with Gasteiger partial charge in [-0.2, -0.15) is 5.10 Å². The second-order valence-electron chi connectivity index (χ2n) is 8.73. The average molecular weight is 389 g/mol. The summed E-state index contributed by atoms with van der Waals surface area (Å²) >= 11 is 0. The van der Waals surface area contributed by atoms with E-state index in [0.29, 0.717) is 36.3 Å². The molecule has 3 aliphatic rings. The van der Waals surface area contributed by atoms with Crippen LogP contribution in [-0.2, 0) is 16.1 Å². The fourth-order valence-electron chi connectivity index (χ4n) is 5.56. The Labute approximate surface area is 166 Å². The number of nitrogens with zero attached hydrogens (tertiary/aromatic N) is 4. The van der Waals surface area contributed by atoms with Gasteiger partial charge in [0.2, 0.25) is 11.8 Å². The number of nitrogens with one attached hydrogen (secondary N) is 1. The number of nitrogen functional groups attached to an aromatic ring is 1. The summed E-state index contributed by atoms with van der Waals surface area (Å²) in [5.41, 5.74) is 6.80. The lowest BCUT2D eigenvalue weighted by Gasteiger charge is -2.56. The minimum atomic E-state index is 0.0175. The van der Waals surface area contributed by atoms with Crippen molar-refractivity contribution in [2.45, 2.75) is 58.2 Å². The van der Waals surface area contributed by atoms with Gasteiger partial charge in [0.1, 0.15) is 12.4 Å². The number of hydrogen-bond donors (Lipinski definition) is 2. The molecule has 1 aromatic rings. The molecule has 0 saturated carbocycles. The first-order chi connectivity index (χ1) is 13.4. The maximum Gasteiger partial charge on any atom is 0.244 e. The molecule has 4 heterocycles. The second kappa shape index (κ2) is 7.73. The van der Waals surface area contributed by atoms with E-state index in [4.69, 9.17) is 5.73 Å². The normalized spacial score (nSPS) is 30.0. The van der Waals surface area contributed by atoms with Crippen LogP contribution in [0.1, 0.15) is 38.3 Å². The van der Waals surface area contributed by atoms with Crippen LogP contribution in [0.5, 0.6) is 0 Å². The quantitative estimate of drug-likeness (QED) is 0.788. The molecule has 8 heteroatoms. The van der Waals surface area contributed by atoms with E-state index in [1.807, 2.05) is 11.8 Å². The number of carbonyl (C=O) groups excluding carboxylic acids is 2. The molecule has 0 unspecified atom stereocenters.